The molecule has 0 radical (unpaired) electrons. The van der Waals surface area contributed by atoms with Crippen LogP contribution in [-0.2, 0) is 9.53 Å². The van der Waals surface area contributed by atoms with Gasteiger partial charge in [0.25, 0.3) is 5.91 Å². The second-order valence-corrected chi connectivity index (χ2v) is 7.39. The molecule has 0 unspecified atom stereocenters. The first-order chi connectivity index (χ1) is 13.0. The van der Waals surface area contributed by atoms with E-state index < -0.39 is 11.7 Å². The maximum absolute atomic E-state index is 12.6. The number of carbonyl (C=O) groups is 3. The predicted octanol–water partition coefficient (Wildman–Crippen LogP) is 4.55. The summed E-state index contributed by atoms with van der Waals surface area (Å²) in [5, 5.41) is 8.10. The van der Waals surface area contributed by atoms with Gasteiger partial charge in [0.15, 0.2) is 0 Å². The van der Waals surface area contributed by atoms with Gasteiger partial charge in [-0.2, -0.15) is 0 Å². The third-order valence-corrected chi connectivity index (χ3v) is 3.53. The molecule has 2 aromatic rings. The zero-order valence-corrected chi connectivity index (χ0v) is 16.7. The van der Waals surface area contributed by atoms with Gasteiger partial charge in [-0.1, -0.05) is 6.07 Å². The lowest BCUT2D eigenvalue weighted by Crippen LogP contribution is -2.27. The van der Waals surface area contributed by atoms with Crippen molar-refractivity contribution >= 4 is 35.0 Å². The molecule has 3 amide bonds. The molecule has 0 aliphatic heterocycles. The van der Waals surface area contributed by atoms with E-state index in [9.17, 15) is 14.4 Å². The van der Waals surface area contributed by atoms with Crippen molar-refractivity contribution in [3.8, 4) is 0 Å². The highest BCUT2D eigenvalue weighted by Crippen LogP contribution is 2.25. The first kappa shape index (κ1) is 21.0. The average Bonchev–Trinajstić information content (AvgIpc) is 2.55. The van der Waals surface area contributed by atoms with Crippen molar-refractivity contribution in [1.82, 2.24) is 0 Å². The number of anilines is 3. The molecular formula is C21H25N3O4. The summed E-state index contributed by atoms with van der Waals surface area (Å²) in [6.07, 6.45) is -0.603. The van der Waals surface area contributed by atoms with Crippen molar-refractivity contribution in [2.24, 2.45) is 0 Å². The molecule has 7 nitrogen and oxygen atoms in total. The van der Waals surface area contributed by atoms with Crippen LogP contribution >= 0.6 is 0 Å². The Morgan fingerprint density at radius 2 is 1.50 bits per heavy atom. The van der Waals surface area contributed by atoms with Gasteiger partial charge in [0.05, 0.1) is 11.4 Å². The van der Waals surface area contributed by atoms with Crippen LogP contribution in [0, 0.1) is 6.92 Å². The van der Waals surface area contributed by atoms with E-state index in [1.165, 1.54) is 6.92 Å². The Balaban J connectivity index is 2.15. The molecule has 28 heavy (non-hydrogen) atoms. The highest BCUT2D eigenvalue weighted by molar-refractivity contribution is 6.07. The second-order valence-electron chi connectivity index (χ2n) is 7.39. The minimum absolute atomic E-state index is 0.185. The monoisotopic (exact) mass is 383 g/mol. The van der Waals surface area contributed by atoms with Gasteiger partial charge in [-0.3, -0.25) is 14.9 Å². The molecular weight excluding hydrogens is 358 g/mol. The van der Waals surface area contributed by atoms with Gasteiger partial charge in [0, 0.05) is 18.2 Å². The molecule has 2 aromatic carbocycles. The quantitative estimate of drug-likeness (QED) is 0.721. The predicted molar refractivity (Wildman–Crippen MR) is 110 cm³/mol. The van der Waals surface area contributed by atoms with Gasteiger partial charge in [0.2, 0.25) is 5.91 Å². The SMILES string of the molecule is CC(=O)Nc1ccc(C(=O)Nc2ccc(C)cc2NC(=O)OC(C)(C)C)cc1. The summed E-state index contributed by atoms with van der Waals surface area (Å²) in [4.78, 5) is 35.7. The van der Waals surface area contributed by atoms with Crippen LogP contribution < -0.4 is 16.0 Å². The second kappa shape index (κ2) is 8.56. The van der Waals surface area contributed by atoms with Crippen LogP contribution in [0.15, 0.2) is 42.5 Å². The Hall–Kier alpha value is -3.35. The summed E-state index contributed by atoms with van der Waals surface area (Å²) >= 11 is 0. The molecule has 7 heteroatoms. The van der Waals surface area contributed by atoms with Crippen LogP contribution in [0.25, 0.3) is 0 Å². The molecule has 0 spiro atoms. The third kappa shape index (κ3) is 6.42. The lowest BCUT2D eigenvalue weighted by atomic mass is 10.1. The number of ether oxygens (including phenoxy) is 1. The van der Waals surface area contributed by atoms with Crippen LogP contribution in [0.4, 0.5) is 21.9 Å². The standard InChI is InChI=1S/C21H25N3O4/c1-13-6-11-17(18(12-13)24-20(27)28-21(3,4)5)23-19(26)15-7-9-16(10-8-15)22-14(2)25/h6-12H,1-5H3,(H,22,25)(H,23,26)(H,24,27). The molecule has 148 valence electrons. The van der Waals surface area contributed by atoms with Crippen molar-refractivity contribution in [1.29, 1.82) is 0 Å². The van der Waals surface area contributed by atoms with Gasteiger partial charge < -0.3 is 15.4 Å². The Labute approximate surface area is 164 Å². The first-order valence-corrected chi connectivity index (χ1v) is 8.83. The zero-order valence-electron chi connectivity index (χ0n) is 16.7. The number of amides is 3. The normalized spacial score (nSPS) is 10.8. The fourth-order valence-electron chi connectivity index (χ4n) is 2.39. The van der Waals surface area contributed by atoms with E-state index >= 15 is 0 Å². The van der Waals surface area contributed by atoms with E-state index in [-0.39, 0.29) is 11.8 Å². The van der Waals surface area contributed by atoms with Crippen LogP contribution in [0.3, 0.4) is 0 Å². The van der Waals surface area contributed by atoms with Crippen molar-refractivity contribution in [2.45, 2.75) is 40.2 Å². The Bertz CT molecular complexity index is 884. The lowest BCUT2D eigenvalue weighted by molar-refractivity contribution is -0.114. The molecule has 0 atom stereocenters. The van der Waals surface area contributed by atoms with E-state index in [2.05, 4.69) is 16.0 Å². The fourth-order valence-corrected chi connectivity index (χ4v) is 2.39. The van der Waals surface area contributed by atoms with Gasteiger partial charge in [-0.15, -0.1) is 0 Å². The van der Waals surface area contributed by atoms with Gasteiger partial charge in [0.1, 0.15) is 5.60 Å². The average molecular weight is 383 g/mol. The largest absolute Gasteiger partial charge is 0.444 e. The van der Waals surface area contributed by atoms with Crippen molar-refractivity contribution in [3.05, 3.63) is 53.6 Å². The summed E-state index contributed by atoms with van der Waals surface area (Å²) in [7, 11) is 0. The van der Waals surface area contributed by atoms with Crippen LogP contribution in [-0.4, -0.2) is 23.5 Å². The van der Waals surface area contributed by atoms with Gasteiger partial charge in [-0.05, 0) is 69.7 Å². The molecule has 0 aliphatic rings. The fraction of sp³-hybridized carbons (Fsp3) is 0.286. The van der Waals surface area contributed by atoms with Crippen molar-refractivity contribution in [2.75, 3.05) is 16.0 Å². The van der Waals surface area contributed by atoms with Crippen LogP contribution in [0.5, 0.6) is 0 Å². The summed E-state index contributed by atoms with van der Waals surface area (Å²) < 4.78 is 5.27. The maximum atomic E-state index is 12.6. The Kier molecular flexibility index (Phi) is 6.41. The van der Waals surface area contributed by atoms with Crippen molar-refractivity contribution < 1.29 is 19.1 Å². The van der Waals surface area contributed by atoms with E-state index in [1.807, 2.05) is 13.0 Å². The third-order valence-electron chi connectivity index (χ3n) is 3.53. The van der Waals surface area contributed by atoms with E-state index in [4.69, 9.17) is 4.74 Å². The summed E-state index contributed by atoms with van der Waals surface area (Å²) in [5.74, 6) is -0.528. The van der Waals surface area contributed by atoms with Crippen molar-refractivity contribution in [3.63, 3.8) is 0 Å². The zero-order chi connectivity index (χ0) is 20.9. The lowest BCUT2D eigenvalue weighted by Gasteiger charge is -2.20. The number of rotatable bonds is 4. The molecule has 2 rings (SSSR count). The maximum Gasteiger partial charge on any atom is 0.412 e. The number of benzene rings is 2. The summed E-state index contributed by atoms with van der Waals surface area (Å²) in [5.41, 5.74) is 2.20. The summed E-state index contributed by atoms with van der Waals surface area (Å²) in [6, 6.07) is 11.8. The molecule has 0 saturated carbocycles. The highest BCUT2D eigenvalue weighted by atomic mass is 16.6. The molecule has 3 N–H and O–H groups in total. The van der Waals surface area contributed by atoms with Gasteiger partial charge >= 0.3 is 6.09 Å². The Morgan fingerprint density at radius 1 is 0.857 bits per heavy atom. The van der Waals surface area contributed by atoms with E-state index in [0.29, 0.717) is 22.6 Å². The first-order valence-electron chi connectivity index (χ1n) is 8.83. The van der Waals surface area contributed by atoms with Crippen LogP contribution in [0.1, 0.15) is 43.6 Å². The Morgan fingerprint density at radius 3 is 2.07 bits per heavy atom. The number of hydrogen-bond donors (Lipinski definition) is 3. The minimum atomic E-state index is -0.632. The molecule has 0 bridgehead atoms. The molecule has 0 saturated heterocycles. The molecule has 0 aromatic heterocycles. The smallest absolute Gasteiger partial charge is 0.412 e. The number of nitrogens with one attached hydrogen (secondary N) is 3. The van der Waals surface area contributed by atoms with Crippen LogP contribution in [0.2, 0.25) is 0 Å². The minimum Gasteiger partial charge on any atom is -0.444 e. The molecule has 0 heterocycles. The number of aryl methyl sites for hydroxylation is 1. The highest BCUT2D eigenvalue weighted by Gasteiger charge is 2.18. The molecule has 0 fully saturated rings. The number of hydrogen-bond acceptors (Lipinski definition) is 4. The number of carbonyl (C=O) groups excluding carboxylic acids is 3. The molecule has 0 aliphatic carbocycles. The summed E-state index contributed by atoms with van der Waals surface area (Å²) in [6.45, 7) is 8.62. The van der Waals surface area contributed by atoms with Gasteiger partial charge in [-0.25, -0.2) is 4.79 Å². The van der Waals surface area contributed by atoms with E-state index in [1.54, 1.807) is 57.2 Å². The van der Waals surface area contributed by atoms with E-state index in [0.717, 1.165) is 5.56 Å². The topological polar surface area (TPSA) is 96.5 Å².